The van der Waals surface area contributed by atoms with Gasteiger partial charge in [-0.2, -0.15) is 0 Å². The van der Waals surface area contributed by atoms with Crippen molar-refractivity contribution in [3.63, 3.8) is 0 Å². The Bertz CT molecular complexity index is 796. The van der Waals surface area contributed by atoms with E-state index < -0.39 is 0 Å². The van der Waals surface area contributed by atoms with E-state index in [4.69, 9.17) is 9.41 Å². The number of aliphatic imine (C=N–C) groups is 1. The quantitative estimate of drug-likeness (QED) is 0.553. The molecule has 1 aliphatic rings. The molecule has 0 bridgehead atoms. The second-order valence-electron chi connectivity index (χ2n) is 8.30. The van der Waals surface area contributed by atoms with Crippen LogP contribution >= 0.6 is 0 Å². The van der Waals surface area contributed by atoms with E-state index in [1.165, 1.54) is 5.56 Å². The van der Waals surface area contributed by atoms with Crippen molar-refractivity contribution >= 4 is 5.96 Å². The summed E-state index contributed by atoms with van der Waals surface area (Å²) in [5, 5.41) is 7.00. The molecule has 1 aromatic heterocycles. The van der Waals surface area contributed by atoms with E-state index in [1.54, 1.807) is 6.26 Å². The molecular formula is C23H35N5O. The second-order valence-corrected chi connectivity index (χ2v) is 8.30. The SMILES string of the molecule is CCNC(=NCCc1coc(-c2ccc(C)cc2)n1)NC1CN(C(C)C)CC1C. The molecule has 0 saturated carbocycles. The lowest BCUT2D eigenvalue weighted by Crippen LogP contribution is -2.47. The van der Waals surface area contributed by atoms with Crippen LogP contribution in [0, 0.1) is 12.8 Å². The summed E-state index contributed by atoms with van der Waals surface area (Å²) in [6, 6.07) is 9.23. The highest BCUT2D eigenvalue weighted by Gasteiger charge is 2.31. The lowest BCUT2D eigenvalue weighted by atomic mass is 10.1. The first-order valence-electron chi connectivity index (χ1n) is 10.8. The third-order valence-electron chi connectivity index (χ3n) is 5.53. The number of nitrogens with one attached hydrogen (secondary N) is 2. The highest BCUT2D eigenvalue weighted by Crippen LogP contribution is 2.20. The molecule has 6 nitrogen and oxygen atoms in total. The molecular weight excluding hydrogens is 362 g/mol. The summed E-state index contributed by atoms with van der Waals surface area (Å²) in [6.45, 7) is 14.7. The largest absolute Gasteiger partial charge is 0.444 e. The number of oxazole rings is 1. The van der Waals surface area contributed by atoms with E-state index in [0.717, 1.165) is 43.3 Å². The third kappa shape index (κ3) is 5.82. The Balaban J connectivity index is 1.56. The van der Waals surface area contributed by atoms with Crippen LogP contribution in [0.5, 0.6) is 0 Å². The first kappa shape index (κ1) is 21.4. The van der Waals surface area contributed by atoms with Crippen LogP contribution in [0.1, 0.15) is 39.0 Å². The Labute approximate surface area is 174 Å². The number of hydrogen-bond acceptors (Lipinski definition) is 4. The van der Waals surface area contributed by atoms with Crippen molar-refractivity contribution < 1.29 is 4.42 Å². The van der Waals surface area contributed by atoms with Crippen LogP contribution in [0.3, 0.4) is 0 Å². The minimum atomic E-state index is 0.426. The molecule has 2 aromatic rings. The van der Waals surface area contributed by atoms with Crippen LogP contribution in [-0.4, -0.2) is 54.1 Å². The summed E-state index contributed by atoms with van der Waals surface area (Å²) in [4.78, 5) is 11.9. The maximum absolute atomic E-state index is 5.66. The fourth-order valence-corrected chi connectivity index (χ4v) is 3.64. The smallest absolute Gasteiger partial charge is 0.226 e. The molecule has 2 N–H and O–H groups in total. The summed E-state index contributed by atoms with van der Waals surface area (Å²) in [6.07, 6.45) is 2.49. The number of rotatable bonds is 7. The van der Waals surface area contributed by atoms with Crippen LogP contribution in [0.25, 0.3) is 11.5 Å². The zero-order chi connectivity index (χ0) is 20.8. The van der Waals surface area contributed by atoms with Crippen molar-refractivity contribution in [2.75, 3.05) is 26.2 Å². The van der Waals surface area contributed by atoms with Crippen LogP contribution < -0.4 is 10.6 Å². The van der Waals surface area contributed by atoms with Gasteiger partial charge in [0.05, 0.1) is 5.69 Å². The summed E-state index contributed by atoms with van der Waals surface area (Å²) in [7, 11) is 0. The second kappa shape index (κ2) is 9.92. The highest BCUT2D eigenvalue weighted by molar-refractivity contribution is 5.80. The lowest BCUT2D eigenvalue weighted by molar-refractivity contribution is 0.265. The van der Waals surface area contributed by atoms with Gasteiger partial charge in [0, 0.05) is 50.2 Å². The van der Waals surface area contributed by atoms with Crippen LogP contribution in [0.4, 0.5) is 0 Å². The predicted octanol–water partition coefficient (Wildman–Crippen LogP) is 3.48. The summed E-state index contributed by atoms with van der Waals surface area (Å²) in [5.74, 6) is 2.16. The number of hydrogen-bond donors (Lipinski definition) is 2. The summed E-state index contributed by atoms with van der Waals surface area (Å²) < 4.78 is 5.66. The molecule has 1 saturated heterocycles. The molecule has 1 aliphatic heterocycles. The molecule has 2 unspecified atom stereocenters. The van der Waals surface area contributed by atoms with Gasteiger partial charge in [-0.05, 0) is 45.7 Å². The predicted molar refractivity (Wildman–Crippen MR) is 119 cm³/mol. The average molecular weight is 398 g/mol. The standard InChI is InChI=1S/C23H35N5O/c1-6-24-23(27-21-14-28(16(2)3)13-18(21)5)25-12-11-20-15-29-22(26-20)19-9-7-17(4)8-10-19/h7-10,15-16,18,21H,6,11-14H2,1-5H3,(H2,24,25,27). The Morgan fingerprint density at radius 3 is 2.69 bits per heavy atom. The molecule has 158 valence electrons. The first-order chi connectivity index (χ1) is 14.0. The van der Waals surface area contributed by atoms with Gasteiger partial charge in [0.15, 0.2) is 5.96 Å². The molecule has 2 atom stereocenters. The van der Waals surface area contributed by atoms with E-state index >= 15 is 0 Å². The normalized spacial score (nSPS) is 20.4. The van der Waals surface area contributed by atoms with Crippen molar-refractivity contribution in [3.8, 4) is 11.5 Å². The molecule has 1 aromatic carbocycles. The number of aromatic nitrogens is 1. The van der Waals surface area contributed by atoms with Crippen molar-refractivity contribution in [1.29, 1.82) is 0 Å². The van der Waals surface area contributed by atoms with E-state index in [2.05, 4.69) is 67.3 Å². The van der Waals surface area contributed by atoms with Crippen LogP contribution in [-0.2, 0) is 6.42 Å². The number of aryl methyl sites for hydroxylation is 1. The molecule has 0 spiro atoms. The van der Waals surface area contributed by atoms with Gasteiger partial charge in [-0.25, -0.2) is 4.98 Å². The van der Waals surface area contributed by atoms with Crippen molar-refractivity contribution in [2.45, 2.75) is 53.1 Å². The first-order valence-corrected chi connectivity index (χ1v) is 10.8. The van der Waals surface area contributed by atoms with Crippen molar-refractivity contribution in [3.05, 3.63) is 41.8 Å². The molecule has 3 rings (SSSR count). The number of benzene rings is 1. The topological polar surface area (TPSA) is 65.7 Å². The maximum Gasteiger partial charge on any atom is 0.226 e. The van der Waals surface area contributed by atoms with Gasteiger partial charge in [-0.15, -0.1) is 0 Å². The van der Waals surface area contributed by atoms with Gasteiger partial charge in [0.2, 0.25) is 5.89 Å². The van der Waals surface area contributed by atoms with Gasteiger partial charge < -0.3 is 15.1 Å². The molecule has 0 amide bonds. The number of nitrogens with zero attached hydrogens (tertiary/aromatic N) is 3. The van der Waals surface area contributed by atoms with Crippen molar-refractivity contribution in [2.24, 2.45) is 10.9 Å². The molecule has 29 heavy (non-hydrogen) atoms. The van der Waals surface area contributed by atoms with Gasteiger partial charge in [0.1, 0.15) is 6.26 Å². The summed E-state index contributed by atoms with van der Waals surface area (Å²) in [5.41, 5.74) is 3.16. The summed E-state index contributed by atoms with van der Waals surface area (Å²) >= 11 is 0. The van der Waals surface area contributed by atoms with Gasteiger partial charge >= 0.3 is 0 Å². The Hall–Kier alpha value is -2.34. The van der Waals surface area contributed by atoms with Crippen LogP contribution in [0.15, 0.2) is 39.9 Å². The Kier molecular flexibility index (Phi) is 7.31. The molecule has 0 radical (unpaired) electrons. The number of likely N-dealkylation sites (tertiary alicyclic amines) is 1. The van der Waals surface area contributed by atoms with E-state index in [-0.39, 0.29) is 0 Å². The minimum Gasteiger partial charge on any atom is -0.444 e. The molecule has 2 heterocycles. The molecule has 6 heteroatoms. The monoisotopic (exact) mass is 397 g/mol. The van der Waals surface area contributed by atoms with E-state index in [0.29, 0.717) is 30.4 Å². The maximum atomic E-state index is 5.66. The zero-order valence-electron chi connectivity index (χ0n) is 18.4. The third-order valence-corrected chi connectivity index (χ3v) is 5.53. The highest BCUT2D eigenvalue weighted by atomic mass is 16.3. The average Bonchev–Trinajstić information content (AvgIpc) is 3.30. The Morgan fingerprint density at radius 2 is 2.03 bits per heavy atom. The van der Waals surface area contributed by atoms with E-state index in [9.17, 15) is 0 Å². The van der Waals surface area contributed by atoms with Crippen LogP contribution in [0.2, 0.25) is 0 Å². The van der Waals surface area contributed by atoms with E-state index in [1.807, 2.05) is 12.1 Å². The van der Waals surface area contributed by atoms with Gasteiger partial charge in [0.25, 0.3) is 0 Å². The zero-order valence-corrected chi connectivity index (χ0v) is 18.4. The fourth-order valence-electron chi connectivity index (χ4n) is 3.64. The lowest BCUT2D eigenvalue weighted by Gasteiger charge is -2.21. The van der Waals surface area contributed by atoms with Gasteiger partial charge in [-0.1, -0.05) is 24.6 Å². The molecule has 0 aliphatic carbocycles. The van der Waals surface area contributed by atoms with Gasteiger partial charge in [-0.3, -0.25) is 9.89 Å². The minimum absolute atomic E-state index is 0.426. The van der Waals surface area contributed by atoms with Crippen molar-refractivity contribution in [1.82, 2.24) is 20.5 Å². The number of guanidine groups is 1. The fraction of sp³-hybridized carbons (Fsp3) is 0.565. The Morgan fingerprint density at radius 1 is 1.28 bits per heavy atom. The molecule has 1 fully saturated rings.